The lowest BCUT2D eigenvalue weighted by atomic mass is 10.2. The molecule has 0 saturated carbocycles. The van der Waals surface area contributed by atoms with Crippen LogP contribution in [-0.4, -0.2) is 12.5 Å². The molecule has 2 rings (SSSR count). The van der Waals surface area contributed by atoms with Crippen LogP contribution < -0.4 is 15.8 Å². The Hall–Kier alpha value is -1.85. The molecule has 0 fully saturated rings. The molecule has 1 amide bonds. The topological polar surface area (TPSA) is 64.4 Å². The van der Waals surface area contributed by atoms with Crippen molar-refractivity contribution in [3.63, 3.8) is 0 Å². The Labute approximate surface area is 116 Å². The second-order valence-corrected chi connectivity index (χ2v) is 5.11. The van der Waals surface area contributed by atoms with Crippen LogP contribution in [0, 0.1) is 0 Å². The third-order valence-corrected chi connectivity index (χ3v) is 3.39. The van der Waals surface area contributed by atoms with Gasteiger partial charge in [0.15, 0.2) is 6.61 Å². The molecular weight excluding hydrogens is 260 g/mol. The SMILES string of the molecule is NC(=O)COc1ccc(CNCc2cccs2)cc1. The molecule has 0 atom stereocenters. The normalized spacial score (nSPS) is 10.3. The van der Waals surface area contributed by atoms with E-state index in [1.807, 2.05) is 30.3 Å². The summed E-state index contributed by atoms with van der Waals surface area (Å²) in [4.78, 5) is 11.9. The zero-order valence-corrected chi connectivity index (χ0v) is 11.3. The van der Waals surface area contributed by atoms with Crippen molar-refractivity contribution in [3.05, 3.63) is 52.2 Å². The van der Waals surface area contributed by atoms with E-state index >= 15 is 0 Å². The van der Waals surface area contributed by atoms with Gasteiger partial charge in [-0.1, -0.05) is 18.2 Å². The van der Waals surface area contributed by atoms with Gasteiger partial charge < -0.3 is 15.8 Å². The molecule has 0 aliphatic rings. The summed E-state index contributed by atoms with van der Waals surface area (Å²) >= 11 is 1.74. The van der Waals surface area contributed by atoms with Gasteiger partial charge in [0.05, 0.1) is 0 Å². The zero-order chi connectivity index (χ0) is 13.5. The fourth-order valence-corrected chi connectivity index (χ4v) is 2.28. The molecule has 0 spiro atoms. The highest BCUT2D eigenvalue weighted by atomic mass is 32.1. The van der Waals surface area contributed by atoms with E-state index < -0.39 is 5.91 Å². The highest BCUT2D eigenvalue weighted by Crippen LogP contribution is 2.12. The molecule has 3 N–H and O–H groups in total. The molecular formula is C14H16N2O2S. The number of nitrogens with two attached hydrogens (primary N) is 1. The first-order chi connectivity index (χ1) is 9.24. The number of carbonyl (C=O) groups is 1. The number of amides is 1. The number of benzene rings is 1. The van der Waals surface area contributed by atoms with Gasteiger partial charge in [0.2, 0.25) is 0 Å². The van der Waals surface area contributed by atoms with Crippen LogP contribution in [0.2, 0.25) is 0 Å². The van der Waals surface area contributed by atoms with E-state index in [-0.39, 0.29) is 6.61 Å². The highest BCUT2D eigenvalue weighted by Gasteiger charge is 1.99. The summed E-state index contributed by atoms with van der Waals surface area (Å²) in [5.41, 5.74) is 6.18. The summed E-state index contributed by atoms with van der Waals surface area (Å²) in [7, 11) is 0. The van der Waals surface area contributed by atoms with E-state index in [0.717, 1.165) is 13.1 Å². The maximum Gasteiger partial charge on any atom is 0.255 e. The van der Waals surface area contributed by atoms with Gasteiger partial charge in [-0.05, 0) is 29.1 Å². The Bertz CT molecular complexity index is 509. The van der Waals surface area contributed by atoms with E-state index in [0.29, 0.717) is 5.75 Å². The van der Waals surface area contributed by atoms with Gasteiger partial charge in [0.25, 0.3) is 5.91 Å². The van der Waals surface area contributed by atoms with Crippen LogP contribution in [-0.2, 0) is 17.9 Å². The van der Waals surface area contributed by atoms with Crippen molar-refractivity contribution in [2.24, 2.45) is 5.73 Å². The van der Waals surface area contributed by atoms with Crippen molar-refractivity contribution in [1.82, 2.24) is 5.32 Å². The molecule has 2 aromatic rings. The van der Waals surface area contributed by atoms with Crippen LogP contribution in [0.3, 0.4) is 0 Å². The van der Waals surface area contributed by atoms with Gasteiger partial charge in [-0.2, -0.15) is 0 Å². The molecule has 1 heterocycles. The van der Waals surface area contributed by atoms with E-state index in [1.54, 1.807) is 11.3 Å². The molecule has 100 valence electrons. The minimum atomic E-state index is -0.471. The standard InChI is InChI=1S/C14H16N2O2S/c15-14(17)10-18-12-5-3-11(4-6-12)8-16-9-13-2-1-7-19-13/h1-7,16H,8-10H2,(H2,15,17). The first kappa shape index (κ1) is 13.6. The summed E-state index contributed by atoms with van der Waals surface area (Å²) in [6.45, 7) is 1.58. The summed E-state index contributed by atoms with van der Waals surface area (Å²) in [6.07, 6.45) is 0. The molecule has 0 aliphatic carbocycles. The van der Waals surface area contributed by atoms with Gasteiger partial charge in [-0.25, -0.2) is 0 Å². The molecule has 19 heavy (non-hydrogen) atoms. The third kappa shape index (κ3) is 4.73. The number of thiophene rings is 1. The van der Waals surface area contributed by atoms with Crippen LogP contribution in [0.1, 0.15) is 10.4 Å². The summed E-state index contributed by atoms with van der Waals surface area (Å²) < 4.78 is 5.19. The number of rotatable bonds is 7. The lowest BCUT2D eigenvalue weighted by Crippen LogP contribution is -2.20. The average molecular weight is 276 g/mol. The smallest absolute Gasteiger partial charge is 0.255 e. The Morgan fingerprint density at radius 1 is 1.21 bits per heavy atom. The molecule has 1 aromatic heterocycles. The van der Waals surface area contributed by atoms with Crippen LogP contribution in [0.5, 0.6) is 5.75 Å². The summed E-state index contributed by atoms with van der Waals surface area (Å²) in [6, 6.07) is 11.8. The summed E-state index contributed by atoms with van der Waals surface area (Å²) in [5.74, 6) is 0.183. The number of hydrogen-bond donors (Lipinski definition) is 2. The van der Waals surface area contributed by atoms with Gasteiger partial charge in [0.1, 0.15) is 5.75 Å². The Kier molecular flexibility index (Phi) is 4.94. The number of hydrogen-bond acceptors (Lipinski definition) is 4. The van der Waals surface area contributed by atoms with Crippen molar-refractivity contribution >= 4 is 17.2 Å². The monoisotopic (exact) mass is 276 g/mol. The van der Waals surface area contributed by atoms with Gasteiger partial charge in [0, 0.05) is 18.0 Å². The minimum Gasteiger partial charge on any atom is -0.484 e. The molecule has 5 heteroatoms. The van der Waals surface area contributed by atoms with Gasteiger partial charge in [-0.15, -0.1) is 11.3 Å². The number of nitrogens with one attached hydrogen (secondary N) is 1. The lowest BCUT2D eigenvalue weighted by Gasteiger charge is -2.06. The van der Waals surface area contributed by atoms with Crippen molar-refractivity contribution in [2.75, 3.05) is 6.61 Å². The van der Waals surface area contributed by atoms with E-state index in [9.17, 15) is 4.79 Å². The predicted molar refractivity (Wildman–Crippen MR) is 76.0 cm³/mol. The van der Waals surface area contributed by atoms with Crippen molar-refractivity contribution in [3.8, 4) is 5.75 Å². The van der Waals surface area contributed by atoms with E-state index in [4.69, 9.17) is 10.5 Å². The van der Waals surface area contributed by atoms with Crippen molar-refractivity contribution in [2.45, 2.75) is 13.1 Å². The summed E-state index contributed by atoms with van der Waals surface area (Å²) in [5, 5.41) is 5.44. The molecule has 0 radical (unpaired) electrons. The van der Waals surface area contributed by atoms with Gasteiger partial charge in [-0.3, -0.25) is 4.79 Å². The van der Waals surface area contributed by atoms with Crippen molar-refractivity contribution in [1.29, 1.82) is 0 Å². The Morgan fingerprint density at radius 2 is 2.00 bits per heavy atom. The molecule has 0 unspecified atom stereocenters. The first-order valence-corrected chi connectivity index (χ1v) is 6.85. The number of carbonyl (C=O) groups excluding carboxylic acids is 1. The molecule has 0 bridgehead atoms. The van der Waals surface area contributed by atoms with Gasteiger partial charge >= 0.3 is 0 Å². The van der Waals surface area contributed by atoms with Crippen molar-refractivity contribution < 1.29 is 9.53 Å². The average Bonchev–Trinajstić information content (AvgIpc) is 2.91. The largest absolute Gasteiger partial charge is 0.484 e. The molecule has 0 saturated heterocycles. The Morgan fingerprint density at radius 3 is 2.63 bits per heavy atom. The van der Waals surface area contributed by atoms with Crippen LogP contribution in [0.25, 0.3) is 0 Å². The second-order valence-electron chi connectivity index (χ2n) is 4.08. The van der Waals surface area contributed by atoms with Crippen LogP contribution in [0.4, 0.5) is 0 Å². The number of ether oxygens (including phenoxy) is 1. The van der Waals surface area contributed by atoms with E-state index in [1.165, 1.54) is 10.4 Å². The number of primary amides is 1. The highest BCUT2D eigenvalue weighted by molar-refractivity contribution is 7.09. The quantitative estimate of drug-likeness (QED) is 0.812. The first-order valence-electron chi connectivity index (χ1n) is 5.97. The predicted octanol–water partition coefficient (Wildman–Crippen LogP) is 1.90. The maximum absolute atomic E-state index is 10.6. The maximum atomic E-state index is 10.6. The lowest BCUT2D eigenvalue weighted by molar-refractivity contribution is -0.119. The fourth-order valence-electron chi connectivity index (χ4n) is 1.60. The van der Waals surface area contributed by atoms with Crippen LogP contribution in [0.15, 0.2) is 41.8 Å². The van der Waals surface area contributed by atoms with E-state index in [2.05, 4.69) is 16.8 Å². The third-order valence-electron chi connectivity index (χ3n) is 2.51. The van der Waals surface area contributed by atoms with Crippen LogP contribution >= 0.6 is 11.3 Å². The Balaban J connectivity index is 1.76. The fraction of sp³-hybridized carbons (Fsp3) is 0.214. The molecule has 4 nitrogen and oxygen atoms in total. The second kappa shape index (κ2) is 6.92. The molecule has 1 aromatic carbocycles. The minimum absolute atomic E-state index is 0.0873. The zero-order valence-electron chi connectivity index (χ0n) is 10.5. The molecule has 0 aliphatic heterocycles.